The summed E-state index contributed by atoms with van der Waals surface area (Å²) >= 11 is 6.32. The molecule has 1 N–H and O–H groups in total. The Bertz CT molecular complexity index is 715. The number of hydrogen-bond acceptors (Lipinski definition) is 4. The summed E-state index contributed by atoms with van der Waals surface area (Å²) in [5, 5.41) is 5.29. The third-order valence-electron chi connectivity index (χ3n) is 2.75. The molecule has 9 heteroatoms. The summed E-state index contributed by atoms with van der Waals surface area (Å²) in [5.41, 5.74) is 0.993. The molecule has 1 aliphatic heterocycles. The number of carbonyl (C=O) groups is 1. The van der Waals surface area contributed by atoms with Crippen molar-refractivity contribution < 1.29 is 17.8 Å². The summed E-state index contributed by atoms with van der Waals surface area (Å²) in [5.74, 6) is -0.244. The lowest BCUT2D eigenvalue weighted by molar-refractivity contribution is -0.116. The highest BCUT2D eigenvalue weighted by atomic mass is 79.9. The van der Waals surface area contributed by atoms with E-state index in [1.165, 1.54) is 12.1 Å². The van der Waals surface area contributed by atoms with E-state index in [0.717, 1.165) is 10.7 Å². The van der Waals surface area contributed by atoms with E-state index >= 15 is 0 Å². The van der Waals surface area contributed by atoms with E-state index in [1.807, 2.05) is 6.92 Å². The van der Waals surface area contributed by atoms with Crippen LogP contribution in [0.5, 0.6) is 0 Å². The van der Waals surface area contributed by atoms with Crippen LogP contribution in [-0.4, -0.2) is 24.6 Å². The average molecular weight is 426 g/mol. The molecule has 1 amide bonds. The zero-order chi connectivity index (χ0) is 15.1. The van der Waals surface area contributed by atoms with Gasteiger partial charge in [0.25, 0.3) is 16.0 Å². The molecule has 0 atom stereocenters. The molecule has 0 aromatic heterocycles. The number of amides is 1. The van der Waals surface area contributed by atoms with Crippen LogP contribution in [0.1, 0.15) is 19.8 Å². The van der Waals surface area contributed by atoms with Crippen molar-refractivity contribution in [3.8, 4) is 0 Å². The Morgan fingerprint density at radius 1 is 1.35 bits per heavy atom. The summed E-state index contributed by atoms with van der Waals surface area (Å²) in [6.07, 6.45) is 0.849. The fraction of sp³-hybridized carbons (Fsp3) is 0.273. The molecule has 0 spiro atoms. The maximum atomic E-state index is 11.9. The van der Waals surface area contributed by atoms with Gasteiger partial charge >= 0.3 is 0 Å². The maximum absolute atomic E-state index is 11.9. The summed E-state index contributed by atoms with van der Waals surface area (Å²) in [6, 6.07) is 2.65. The molecule has 0 unspecified atom stereocenters. The van der Waals surface area contributed by atoms with Crippen molar-refractivity contribution in [1.82, 2.24) is 0 Å². The van der Waals surface area contributed by atoms with Crippen LogP contribution in [0.4, 0.5) is 5.69 Å². The van der Waals surface area contributed by atoms with Gasteiger partial charge in [-0.05, 0) is 50.4 Å². The first-order valence-electron chi connectivity index (χ1n) is 5.60. The molecule has 1 aliphatic rings. The van der Waals surface area contributed by atoms with Gasteiger partial charge in [-0.25, -0.2) is 0 Å². The monoisotopic (exact) mass is 424 g/mol. The molecule has 2 rings (SSSR count). The fourth-order valence-electron chi connectivity index (χ4n) is 1.74. The highest BCUT2D eigenvalue weighted by molar-refractivity contribution is 9.11. The molecule has 1 aromatic rings. The Labute approximate surface area is 132 Å². The van der Waals surface area contributed by atoms with Crippen molar-refractivity contribution in [1.29, 1.82) is 0 Å². The van der Waals surface area contributed by atoms with E-state index in [9.17, 15) is 17.8 Å². The second kappa shape index (κ2) is 5.55. The normalized spacial score (nSPS) is 15.7. The SMILES string of the molecule is CCC1=NN(c2cc(S(=O)(=O)O)c(Br)cc2Br)C(=O)C1. The van der Waals surface area contributed by atoms with Gasteiger partial charge in [0.2, 0.25) is 0 Å². The molecule has 0 saturated carbocycles. The maximum Gasteiger partial charge on any atom is 0.295 e. The van der Waals surface area contributed by atoms with Crippen LogP contribution in [0.25, 0.3) is 0 Å². The molecule has 1 heterocycles. The van der Waals surface area contributed by atoms with Gasteiger partial charge in [-0.15, -0.1) is 0 Å². The summed E-state index contributed by atoms with van der Waals surface area (Å²) in [4.78, 5) is 11.6. The predicted octanol–water partition coefficient (Wildman–Crippen LogP) is 2.96. The van der Waals surface area contributed by atoms with E-state index in [-0.39, 0.29) is 27.4 Å². The van der Waals surface area contributed by atoms with Crippen LogP contribution in [0.15, 0.2) is 31.1 Å². The summed E-state index contributed by atoms with van der Waals surface area (Å²) < 4.78 is 32.5. The number of halogens is 2. The van der Waals surface area contributed by atoms with Crippen LogP contribution >= 0.6 is 31.9 Å². The molecule has 0 bridgehead atoms. The molecular formula is C11H10Br2N2O4S. The molecule has 108 valence electrons. The third kappa shape index (κ3) is 2.95. The van der Waals surface area contributed by atoms with Gasteiger partial charge < -0.3 is 0 Å². The average Bonchev–Trinajstić information content (AvgIpc) is 2.69. The first-order chi connectivity index (χ1) is 9.24. The standard InChI is InChI=1S/C11H10Br2N2O4S/c1-2-6-3-11(16)15(14-6)9-5-10(20(17,18)19)8(13)4-7(9)12/h4-5H,2-3H2,1H3,(H,17,18,19). The first-order valence-corrected chi connectivity index (χ1v) is 8.62. The van der Waals surface area contributed by atoms with Gasteiger partial charge in [0.15, 0.2) is 0 Å². The van der Waals surface area contributed by atoms with Crippen molar-refractivity contribution in [2.24, 2.45) is 5.10 Å². The Hall–Kier alpha value is -0.770. The van der Waals surface area contributed by atoms with E-state index < -0.39 is 10.1 Å². The zero-order valence-electron chi connectivity index (χ0n) is 10.3. The molecule has 0 radical (unpaired) electrons. The van der Waals surface area contributed by atoms with Crippen LogP contribution in [0, 0.1) is 0 Å². The molecule has 6 nitrogen and oxygen atoms in total. The van der Waals surface area contributed by atoms with Crippen LogP contribution < -0.4 is 5.01 Å². The van der Waals surface area contributed by atoms with Gasteiger partial charge in [0.05, 0.1) is 12.1 Å². The van der Waals surface area contributed by atoms with E-state index in [4.69, 9.17) is 0 Å². The zero-order valence-corrected chi connectivity index (χ0v) is 14.3. The van der Waals surface area contributed by atoms with Gasteiger partial charge in [-0.3, -0.25) is 9.35 Å². The summed E-state index contributed by atoms with van der Waals surface area (Å²) in [7, 11) is -4.39. The fourth-order valence-corrected chi connectivity index (χ4v) is 4.09. The van der Waals surface area contributed by atoms with E-state index in [2.05, 4.69) is 37.0 Å². The number of hydrogen-bond donors (Lipinski definition) is 1. The number of rotatable bonds is 3. The second-order valence-electron chi connectivity index (χ2n) is 4.11. The quantitative estimate of drug-likeness (QED) is 0.754. The Balaban J connectivity index is 2.58. The van der Waals surface area contributed by atoms with Crippen molar-refractivity contribution in [3.63, 3.8) is 0 Å². The molecule has 1 aromatic carbocycles. The molecule has 0 fully saturated rings. The van der Waals surface area contributed by atoms with E-state index in [0.29, 0.717) is 10.9 Å². The Morgan fingerprint density at radius 2 is 2.00 bits per heavy atom. The Kier molecular flexibility index (Phi) is 4.33. The second-order valence-corrected chi connectivity index (χ2v) is 7.21. The third-order valence-corrected chi connectivity index (χ3v) is 5.20. The topological polar surface area (TPSA) is 87.0 Å². The molecule has 20 heavy (non-hydrogen) atoms. The first kappa shape index (κ1) is 15.6. The Morgan fingerprint density at radius 3 is 2.50 bits per heavy atom. The van der Waals surface area contributed by atoms with Crippen molar-refractivity contribution >= 4 is 59.3 Å². The molecule has 0 saturated heterocycles. The highest BCUT2D eigenvalue weighted by Gasteiger charge is 2.28. The van der Waals surface area contributed by atoms with Crippen LogP contribution in [0.2, 0.25) is 0 Å². The van der Waals surface area contributed by atoms with Crippen molar-refractivity contribution in [2.75, 3.05) is 5.01 Å². The number of nitrogens with zero attached hydrogens (tertiary/aromatic N) is 2. The van der Waals surface area contributed by atoms with Gasteiger partial charge in [-0.1, -0.05) is 6.92 Å². The summed E-state index contributed by atoms with van der Waals surface area (Å²) in [6.45, 7) is 1.88. The molecule has 0 aliphatic carbocycles. The van der Waals surface area contributed by atoms with Gasteiger partial charge in [-0.2, -0.15) is 18.5 Å². The lowest BCUT2D eigenvalue weighted by atomic mass is 10.2. The van der Waals surface area contributed by atoms with Crippen molar-refractivity contribution in [2.45, 2.75) is 24.7 Å². The molecular weight excluding hydrogens is 416 g/mol. The van der Waals surface area contributed by atoms with Crippen LogP contribution in [-0.2, 0) is 14.9 Å². The highest BCUT2D eigenvalue weighted by Crippen LogP contribution is 2.36. The van der Waals surface area contributed by atoms with Gasteiger partial charge in [0.1, 0.15) is 4.90 Å². The smallest absolute Gasteiger partial charge is 0.282 e. The number of anilines is 1. The van der Waals surface area contributed by atoms with E-state index in [1.54, 1.807) is 0 Å². The predicted molar refractivity (Wildman–Crippen MR) is 81.5 cm³/mol. The lowest BCUT2D eigenvalue weighted by Crippen LogP contribution is -2.20. The number of carbonyl (C=O) groups excluding carboxylic acids is 1. The number of benzene rings is 1. The number of hydrazone groups is 1. The van der Waals surface area contributed by atoms with Gasteiger partial charge in [0, 0.05) is 14.7 Å². The van der Waals surface area contributed by atoms with Crippen LogP contribution in [0.3, 0.4) is 0 Å². The minimum atomic E-state index is -4.39. The van der Waals surface area contributed by atoms with Crippen molar-refractivity contribution in [3.05, 3.63) is 21.1 Å². The lowest BCUT2D eigenvalue weighted by Gasteiger charge is -2.15. The minimum Gasteiger partial charge on any atom is -0.282 e. The largest absolute Gasteiger partial charge is 0.295 e. The minimum absolute atomic E-state index is 0.196.